The van der Waals surface area contributed by atoms with Gasteiger partial charge >= 0.3 is 0 Å². The number of aliphatic carboxylic acids is 1. The Kier molecular flexibility index (Phi) is 37.2. The van der Waals surface area contributed by atoms with Gasteiger partial charge in [-0.1, -0.05) is 228 Å². The minimum absolute atomic E-state index is 0.163. The van der Waals surface area contributed by atoms with Gasteiger partial charge in [0.05, 0.1) is 0 Å². The summed E-state index contributed by atoms with van der Waals surface area (Å²) in [6.45, 7) is 23.4. The highest BCUT2D eigenvalue weighted by Crippen LogP contribution is 2.46. The summed E-state index contributed by atoms with van der Waals surface area (Å²) in [5.41, 5.74) is 15.3. The number of rotatable bonds is 41. The van der Waals surface area contributed by atoms with E-state index in [1.54, 1.807) is 71.7 Å². The highest BCUT2D eigenvalue weighted by molar-refractivity contribution is 7.97. The molecule has 0 N–H and O–H groups in total. The van der Waals surface area contributed by atoms with Crippen molar-refractivity contribution in [3.63, 3.8) is 0 Å². The molecule has 3 aromatic rings. The fourth-order valence-electron chi connectivity index (χ4n) is 10.5. The summed E-state index contributed by atoms with van der Waals surface area (Å²) in [7, 11) is -0.163. The lowest BCUT2D eigenvalue weighted by molar-refractivity contribution is -0.305. The average Bonchev–Trinajstić information content (AvgIpc) is 3.34. The first kappa shape index (κ1) is 63.6. The summed E-state index contributed by atoms with van der Waals surface area (Å²) in [6.07, 6.45) is 47.2. The van der Waals surface area contributed by atoms with Crippen molar-refractivity contribution in [2.24, 2.45) is 0 Å². The third-order valence-electron chi connectivity index (χ3n) is 14.5. The Morgan fingerprint density at radius 2 is 0.486 bits per heavy atom. The number of benzene rings is 3. The fraction of sp³-hybridized carbons (Fsp3) is 0.716. The molecule has 0 saturated carbocycles. The summed E-state index contributed by atoms with van der Waals surface area (Å²) < 4.78 is 0. The standard InChI is InChI=1S/C63H105S.C4H8O2/c1-10-19-28-37-52-46-55(40-31-22-13-4)61(56(47-52)41-32-23-14-5)64(62-57(42-33-24-15-6)48-53(38-29-20-11-2)49-58(62)43-34-25-16-7)63-59(44-35-26-17-8)50-54(39-30-21-12-3)51-60(63)45-36-27-18-9;1-2-3-4(5)6/h46-51H,10-45H2,1-9H3;2-3H2,1H3,(H,5,6)/q+1;/p-1. The number of carbonyl (C=O) groups excluding carboxylic acids is 1. The number of aryl methyl sites for hydroxylation is 9. The van der Waals surface area contributed by atoms with Gasteiger partial charge in [-0.05, 0) is 139 Å². The van der Waals surface area contributed by atoms with Crippen LogP contribution >= 0.6 is 0 Å². The van der Waals surface area contributed by atoms with Crippen LogP contribution in [-0.4, -0.2) is 5.97 Å². The van der Waals surface area contributed by atoms with E-state index >= 15 is 0 Å². The van der Waals surface area contributed by atoms with E-state index < -0.39 is 5.97 Å². The van der Waals surface area contributed by atoms with Crippen molar-refractivity contribution in [2.45, 2.75) is 328 Å². The van der Waals surface area contributed by atoms with Gasteiger partial charge in [0.15, 0.2) is 14.7 Å². The summed E-state index contributed by atoms with van der Waals surface area (Å²) in [6, 6.07) is 16.8. The molecule has 0 spiro atoms. The molecule has 398 valence electrons. The molecule has 0 unspecified atom stereocenters. The van der Waals surface area contributed by atoms with Crippen molar-refractivity contribution >= 4 is 16.9 Å². The van der Waals surface area contributed by atoms with Crippen molar-refractivity contribution in [1.82, 2.24) is 0 Å². The van der Waals surface area contributed by atoms with E-state index in [0.717, 1.165) is 0 Å². The second-order valence-corrected chi connectivity index (χ2v) is 23.1. The Labute approximate surface area is 438 Å². The zero-order valence-electron chi connectivity index (χ0n) is 48.1. The first-order chi connectivity index (χ1) is 34.2. The molecule has 0 atom stereocenters. The molecule has 0 radical (unpaired) electrons. The van der Waals surface area contributed by atoms with Gasteiger partial charge in [-0.2, -0.15) is 0 Å². The SMILES string of the molecule is CCCC(=O)[O-].CCCCCc1cc(CCCCC)c([S+](c2c(CCCCC)cc(CCCCC)cc2CCCCC)c2c(CCCCC)cc(CCCCC)cc2CCCCC)c(CCCCC)c1. The van der Waals surface area contributed by atoms with Crippen LogP contribution in [0.1, 0.15) is 306 Å². The monoisotopic (exact) mass is 981 g/mol. The average molecular weight is 982 g/mol. The second-order valence-electron chi connectivity index (χ2n) is 21.3. The molecule has 0 bridgehead atoms. The maximum absolute atomic E-state index is 9.49. The minimum Gasteiger partial charge on any atom is -0.550 e. The van der Waals surface area contributed by atoms with Crippen LogP contribution in [0.5, 0.6) is 0 Å². The zero-order valence-corrected chi connectivity index (χ0v) is 48.9. The van der Waals surface area contributed by atoms with E-state index in [-0.39, 0.29) is 17.3 Å². The molecule has 3 aromatic carbocycles. The van der Waals surface area contributed by atoms with E-state index in [0.29, 0.717) is 6.42 Å². The Morgan fingerprint density at radius 1 is 0.300 bits per heavy atom. The summed E-state index contributed by atoms with van der Waals surface area (Å²) in [5, 5.41) is 9.49. The fourth-order valence-corrected chi connectivity index (χ4v) is 13.6. The number of unbranched alkanes of at least 4 members (excludes halogenated alkanes) is 18. The molecule has 0 aliphatic carbocycles. The van der Waals surface area contributed by atoms with Gasteiger partial charge in [0.25, 0.3) is 0 Å². The van der Waals surface area contributed by atoms with Crippen molar-refractivity contribution < 1.29 is 9.90 Å². The van der Waals surface area contributed by atoms with Crippen LogP contribution in [0.15, 0.2) is 51.1 Å². The van der Waals surface area contributed by atoms with E-state index in [9.17, 15) is 9.90 Å². The smallest absolute Gasteiger partial charge is 0.172 e. The second kappa shape index (κ2) is 40.9. The topological polar surface area (TPSA) is 40.1 Å². The minimum atomic E-state index is -0.961. The van der Waals surface area contributed by atoms with Gasteiger partial charge in [-0.15, -0.1) is 0 Å². The highest BCUT2D eigenvalue weighted by Gasteiger charge is 2.41. The van der Waals surface area contributed by atoms with Gasteiger partial charge < -0.3 is 9.90 Å². The molecule has 0 heterocycles. The van der Waals surface area contributed by atoms with E-state index in [4.69, 9.17) is 0 Å². The molecule has 2 nitrogen and oxygen atoms in total. The lowest BCUT2D eigenvalue weighted by Crippen LogP contribution is -2.20. The lowest BCUT2D eigenvalue weighted by atomic mass is 9.94. The number of carbonyl (C=O) groups is 1. The molecule has 0 aliphatic rings. The lowest BCUT2D eigenvalue weighted by Gasteiger charge is -2.25. The summed E-state index contributed by atoms with van der Waals surface area (Å²) in [4.78, 5) is 14.9. The van der Waals surface area contributed by atoms with Crippen LogP contribution in [0.25, 0.3) is 0 Å². The van der Waals surface area contributed by atoms with Crippen molar-refractivity contribution in [2.75, 3.05) is 0 Å². The molecule has 0 saturated heterocycles. The van der Waals surface area contributed by atoms with E-state index in [1.165, 1.54) is 231 Å². The van der Waals surface area contributed by atoms with Crippen LogP contribution < -0.4 is 5.11 Å². The number of hydrogen-bond acceptors (Lipinski definition) is 2. The normalized spacial score (nSPS) is 11.4. The molecule has 0 aromatic heterocycles. The maximum atomic E-state index is 9.49. The van der Waals surface area contributed by atoms with Gasteiger partial charge in [0, 0.05) is 39.4 Å². The molecule has 3 rings (SSSR count). The number of carboxylic acid groups (broad SMARTS) is 1. The number of hydrogen-bond donors (Lipinski definition) is 0. The Hall–Kier alpha value is -2.52. The molecular weight excluding hydrogens is 869 g/mol. The first-order valence-electron chi connectivity index (χ1n) is 30.6. The van der Waals surface area contributed by atoms with Crippen molar-refractivity contribution in [3.05, 3.63) is 86.5 Å². The zero-order chi connectivity index (χ0) is 51.2. The molecule has 0 aliphatic heterocycles. The third-order valence-corrected chi connectivity index (χ3v) is 17.3. The van der Waals surface area contributed by atoms with Crippen LogP contribution in [0, 0.1) is 0 Å². The highest BCUT2D eigenvalue weighted by atomic mass is 32.2. The van der Waals surface area contributed by atoms with Crippen molar-refractivity contribution in [3.8, 4) is 0 Å². The van der Waals surface area contributed by atoms with Crippen LogP contribution in [0.3, 0.4) is 0 Å². The van der Waals surface area contributed by atoms with Crippen molar-refractivity contribution in [1.29, 1.82) is 0 Å². The third kappa shape index (κ3) is 24.5. The van der Waals surface area contributed by atoms with E-state index in [2.05, 4.69) is 98.7 Å². The predicted octanol–water partition coefficient (Wildman–Crippen LogP) is 19.9. The van der Waals surface area contributed by atoms with Crippen LogP contribution in [0.2, 0.25) is 0 Å². The number of carboxylic acids is 1. The molecule has 70 heavy (non-hydrogen) atoms. The van der Waals surface area contributed by atoms with Gasteiger partial charge in [0.2, 0.25) is 0 Å². The Morgan fingerprint density at radius 3 is 0.629 bits per heavy atom. The molecule has 0 amide bonds. The molecule has 3 heteroatoms. The molecular formula is C67H112O2S. The van der Waals surface area contributed by atoms with Gasteiger partial charge in [0.1, 0.15) is 10.9 Å². The van der Waals surface area contributed by atoms with Gasteiger partial charge in [-0.25, -0.2) is 0 Å². The predicted molar refractivity (Wildman–Crippen MR) is 310 cm³/mol. The van der Waals surface area contributed by atoms with Crippen LogP contribution in [-0.2, 0) is 73.5 Å². The molecule has 0 fully saturated rings. The maximum Gasteiger partial charge on any atom is 0.172 e. The summed E-state index contributed by atoms with van der Waals surface area (Å²) >= 11 is 0. The quantitative estimate of drug-likeness (QED) is 0.0420. The largest absolute Gasteiger partial charge is 0.550 e. The van der Waals surface area contributed by atoms with Crippen LogP contribution in [0.4, 0.5) is 0 Å². The Balaban J connectivity index is 0.00000262. The first-order valence-corrected chi connectivity index (χ1v) is 31.8. The Bertz CT molecular complexity index is 1500. The van der Waals surface area contributed by atoms with Gasteiger partial charge in [-0.3, -0.25) is 0 Å². The van der Waals surface area contributed by atoms with E-state index in [1.807, 2.05) is 0 Å². The summed E-state index contributed by atoms with van der Waals surface area (Å²) in [5.74, 6) is -0.961.